The van der Waals surface area contributed by atoms with Crippen LogP contribution in [0.15, 0.2) is 48.5 Å². The monoisotopic (exact) mass is 435 g/mol. The van der Waals surface area contributed by atoms with Crippen LogP contribution in [0.4, 0.5) is 18.9 Å². The van der Waals surface area contributed by atoms with Crippen LogP contribution in [0.3, 0.4) is 0 Å². The van der Waals surface area contributed by atoms with Gasteiger partial charge in [0.15, 0.2) is 0 Å². The topological polar surface area (TPSA) is 61.9 Å². The molecule has 6 nitrogen and oxygen atoms in total. The maximum Gasteiger partial charge on any atom is 0.573 e. The van der Waals surface area contributed by atoms with Gasteiger partial charge >= 0.3 is 6.36 Å². The first-order valence-electron chi connectivity index (χ1n) is 9.89. The molecule has 1 aliphatic heterocycles. The van der Waals surface area contributed by atoms with Gasteiger partial charge in [0.1, 0.15) is 5.75 Å². The minimum atomic E-state index is -4.74. The molecule has 1 fully saturated rings. The first-order chi connectivity index (χ1) is 14.7. The number of rotatable bonds is 6. The summed E-state index contributed by atoms with van der Waals surface area (Å²) in [5.74, 6) is -0.488. The Kier molecular flexibility index (Phi) is 7.17. The number of hydrogen-bond acceptors (Lipinski definition) is 4. The van der Waals surface area contributed by atoms with Gasteiger partial charge in [-0.2, -0.15) is 0 Å². The van der Waals surface area contributed by atoms with Crippen molar-refractivity contribution in [1.29, 1.82) is 0 Å². The predicted octanol–water partition coefficient (Wildman–Crippen LogP) is 3.43. The van der Waals surface area contributed by atoms with Crippen LogP contribution in [0.5, 0.6) is 5.75 Å². The lowest BCUT2D eigenvalue weighted by molar-refractivity contribution is -0.274. The summed E-state index contributed by atoms with van der Waals surface area (Å²) in [6, 6.07) is 12.7. The SMILES string of the molecule is CC(=O)N1CCN(Cc2ccc(NC(=O)Cc3ccc(OC(F)(F)F)cc3)cc2)CC1. The van der Waals surface area contributed by atoms with E-state index in [2.05, 4.69) is 15.0 Å². The van der Waals surface area contributed by atoms with Crippen LogP contribution < -0.4 is 10.1 Å². The third-order valence-electron chi connectivity index (χ3n) is 4.98. The molecule has 1 heterocycles. The summed E-state index contributed by atoms with van der Waals surface area (Å²) in [5.41, 5.74) is 2.33. The molecule has 2 aromatic carbocycles. The summed E-state index contributed by atoms with van der Waals surface area (Å²) in [5, 5.41) is 2.78. The summed E-state index contributed by atoms with van der Waals surface area (Å²) in [4.78, 5) is 27.7. The summed E-state index contributed by atoms with van der Waals surface area (Å²) in [6.07, 6.45) is -4.71. The molecule has 2 aromatic rings. The van der Waals surface area contributed by atoms with E-state index in [4.69, 9.17) is 0 Å². The number of carbonyl (C=O) groups excluding carboxylic acids is 2. The lowest BCUT2D eigenvalue weighted by atomic mass is 10.1. The molecule has 2 amide bonds. The smallest absolute Gasteiger partial charge is 0.406 e. The Hall–Kier alpha value is -3.07. The minimum Gasteiger partial charge on any atom is -0.406 e. The fraction of sp³-hybridized carbons (Fsp3) is 0.364. The average Bonchev–Trinajstić information content (AvgIpc) is 2.70. The van der Waals surface area contributed by atoms with E-state index in [-0.39, 0.29) is 24.0 Å². The van der Waals surface area contributed by atoms with Crippen molar-refractivity contribution >= 4 is 17.5 Å². The summed E-state index contributed by atoms with van der Waals surface area (Å²) >= 11 is 0. The van der Waals surface area contributed by atoms with Crippen LogP contribution in [0.2, 0.25) is 0 Å². The van der Waals surface area contributed by atoms with Gasteiger partial charge in [-0.25, -0.2) is 0 Å². The number of nitrogens with one attached hydrogen (secondary N) is 1. The number of amides is 2. The average molecular weight is 435 g/mol. The van der Waals surface area contributed by atoms with Crippen LogP contribution in [0.25, 0.3) is 0 Å². The second-order valence-corrected chi connectivity index (χ2v) is 7.40. The van der Waals surface area contributed by atoms with E-state index in [1.54, 1.807) is 6.92 Å². The predicted molar refractivity (Wildman–Crippen MR) is 109 cm³/mol. The molecule has 0 radical (unpaired) electrons. The van der Waals surface area contributed by atoms with E-state index >= 15 is 0 Å². The van der Waals surface area contributed by atoms with Gasteiger partial charge in [-0.3, -0.25) is 14.5 Å². The van der Waals surface area contributed by atoms with E-state index in [9.17, 15) is 22.8 Å². The lowest BCUT2D eigenvalue weighted by Gasteiger charge is -2.34. The standard InChI is InChI=1S/C22H24F3N3O3/c1-16(29)28-12-10-27(11-13-28)15-18-2-6-19(7-3-18)26-21(30)14-17-4-8-20(9-5-17)31-22(23,24)25/h2-9H,10-15H2,1H3,(H,26,30). The van der Waals surface area contributed by atoms with Crippen LogP contribution in [-0.4, -0.2) is 54.2 Å². The molecule has 0 spiro atoms. The van der Waals surface area contributed by atoms with Gasteiger partial charge in [-0.15, -0.1) is 13.2 Å². The zero-order chi connectivity index (χ0) is 22.4. The molecule has 0 bridgehead atoms. The lowest BCUT2D eigenvalue weighted by Crippen LogP contribution is -2.47. The van der Waals surface area contributed by atoms with Crippen LogP contribution >= 0.6 is 0 Å². The van der Waals surface area contributed by atoms with Crippen molar-refractivity contribution in [2.75, 3.05) is 31.5 Å². The number of benzene rings is 2. The van der Waals surface area contributed by atoms with Gasteiger partial charge in [-0.1, -0.05) is 24.3 Å². The molecule has 166 valence electrons. The Morgan fingerprint density at radius 1 is 0.935 bits per heavy atom. The number of anilines is 1. The first kappa shape index (κ1) is 22.6. The molecule has 0 aromatic heterocycles. The maximum atomic E-state index is 12.2. The van der Waals surface area contributed by atoms with Crippen LogP contribution in [0, 0.1) is 0 Å². The van der Waals surface area contributed by atoms with Crippen molar-refractivity contribution in [1.82, 2.24) is 9.80 Å². The van der Waals surface area contributed by atoms with Gasteiger partial charge in [0.25, 0.3) is 0 Å². The number of hydrogen-bond donors (Lipinski definition) is 1. The molecule has 3 rings (SSSR count). The number of piperazine rings is 1. The van der Waals surface area contributed by atoms with Gasteiger partial charge in [-0.05, 0) is 35.4 Å². The third kappa shape index (κ3) is 7.29. The highest BCUT2D eigenvalue weighted by Crippen LogP contribution is 2.23. The van der Waals surface area contributed by atoms with E-state index in [0.717, 1.165) is 38.3 Å². The first-order valence-corrected chi connectivity index (χ1v) is 9.89. The molecule has 31 heavy (non-hydrogen) atoms. The van der Waals surface area contributed by atoms with Crippen molar-refractivity contribution in [2.24, 2.45) is 0 Å². The molecule has 0 atom stereocenters. The van der Waals surface area contributed by atoms with Gasteiger partial charge < -0.3 is 15.0 Å². The number of alkyl halides is 3. The van der Waals surface area contributed by atoms with Crippen molar-refractivity contribution < 1.29 is 27.5 Å². The van der Waals surface area contributed by atoms with E-state index in [1.807, 2.05) is 29.2 Å². The van der Waals surface area contributed by atoms with Crippen molar-refractivity contribution in [3.05, 3.63) is 59.7 Å². The molecule has 0 aliphatic carbocycles. The fourth-order valence-corrected chi connectivity index (χ4v) is 3.37. The highest BCUT2D eigenvalue weighted by Gasteiger charge is 2.31. The second kappa shape index (κ2) is 9.82. The Bertz CT molecular complexity index is 891. The molecular weight excluding hydrogens is 411 g/mol. The molecule has 9 heteroatoms. The van der Waals surface area contributed by atoms with Gasteiger partial charge in [0.2, 0.25) is 11.8 Å². The Balaban J connectivity index is 1.46. The number of ether oxygens (including phenoxy) is 1. The molecule has 1 saturated heterocycles. The highest BCUT2D eigenvalue weighted by atomic mass is 19.4. The summed E-state index contributed by atoms with van der Waals surface area (Å²) in [7, 11) is 0. The zero-order valence-corrected chi connectivity index (χ0v) is 17.1. The largest absolute Gasteiger partial charge is 0.573 e. The molecule has 0 unspecified atom stereocenters. The molecular formula is C22H24F3N3O3. The normalized spacial score (nSPS) is 14.9. The van der Waals surface area contributed by atoms with E-state index in [0.29, 0.717) is 11.3 Å². The maximum absolute atomic E-state index is 12.2. The fourth-order valence-electron chi connectivity index (χ4n) is 3.37. The van der Waals surface area contributed by atoms with Gasteiger partial charge in [0, 0.05) is 45.3 Å². The van der Waals surface area contributed by atoms with Crippen LogP contribution in [0.1, 0.15) is 18.1 Å². The zero-order valence-electron chi connectivity index (χ0n) is 17.1. The number of nitrogens with zero attached hydrogens (tertiary/aromatic N) is 2. The van der Waals surface area contributed by atoms with Crippen molar-refractivity contribution in [3.63, 3.8) is 0 Å². The minimum absolute atomic E-state index is 0.0362. The summed E-state index contributed by atoms with van der Waals surface area (Å²) < 4.78 is 40.4. The molecule has 1 aliphatic rings. The van der Waals surface area contributed by atoms with Crippen LogP contribution in [-0.2, 0) is 22.6 Å². The Morgan fingerprint density at radius 3 is 2.06 bits per heavy atom. The third-order valence-corrected chi connectivity index (χ3v) is 4.98. The van der Waals surface area contributed by atoms with Crippen molar-refractivity contribution in [3.8, 4) is 5.75 Å². The molecule has 1 N–H and O–H groups in total. The van der Waals surface area contributed by atoms with E-state index in [1.165, 1.54) is 24.3 Å². The molecule has 0 saturated carbocycles. The quantitative estimate of drug-likeness (QED) is 0.755. The van der Waals surface area contributed by atoms with E-state index < -0.39 is 6.36 Å². The summed E-state index contributed by atoms with van der Waals surface area (Å²) in [6.45, 7) is 5.46. The van der Waals surface area contributed by atoms with Gasteiger partial charge in [0.05, 0.1) is 6.42 Å². The Labute approximate surface area is 178 Å². The number of halogens is 3. The number of carbonyl (C=O) groups is 2. The highest BCUT2D eigenvalue weighted by molar-refractivity contribution is 5.92. The second-order valence-electron chi connectivity index (χ2n) is 7.40. The van der Waals surface area contributed by atoms with Crippen molar-refractivity contribution in [2.45, 2.75) is 26.3 Å². The Morgan fingerprint density at radius 2 is 1.52 bits per heavy atom.